The highest BCUT2D eigenvalue weighted by molar-refractivity contribution is 5.96. The van der Waals surface area contributed by atoms with Crippen molar-refractivity contribution in [2.45, 2.75) is 6.10 Å². The first kappa shape index (κ1) is 24.2. The molecule has 2 N–H and O–H groups in total. The Bertz CT molecular complexity index is 1340. The number of hydrogen-bond acceptors (Lipinski definition) is 9. The predicted octanol–water partition coefficient (Wildman–Crippen LogP) is 3.08. The Kier molecular flexibility index (Phi) is 7.39. The lowest BCUT2D eigenvalue weighted by atomic mass is 10.1. The van der Waals surface area contributed by atoms with Gasteiger partial charge in [-0.25, -0.2) is 9.97 Å². The Morgan fingerprint density at radius 3 is 2.50 bits per heavy atom. The molecule has 1 amide bonds. The number of benzene rings is 2. The largest absolute Gasteiger partial charge is 0.474 e. The molecule has 0 spiro atoms. The number of carbonyl (C=O) groups is 1. The minimum Gasteiger partial charge on any atom is -0.474 e. The number of morpholine rings is 1. The van der Waals surface area contributed by atoms with Crippen molar-refractivity contribution in [3.8, 4) is 40.6 Å². The van der Waals surface area contributed by atoms with E-state index in [1.54, 1.807) is 42.5 Å². The standard InChI is InChI=1S/C26H22N6O4/c1-17(12-27)26(33)32-10-11-34-22(14-32)15-35-25-23(24(29)30-16-31-25)19-4-8-21(9-5-19)36-20-6-2-18(13-28)3-7-20/h2-9,16,22H,1,10-11,14-15H2,(H2,29,30,31)/t22-/m1/s1. The van der Waals surface area contributed by atoms with Crippen molar-refractivity contribution in [2.24, 2.45) is 0 Å². The molecular formula is C26H22N6O4. The molecule has 2 aromatic carbocycles. The number of carbonyl (C=O) groups excluding carboxylic acids is 1. The number of nitrogens with zero attached hydrogens (tertiary/aromatic N) is 5. The van der Waals surface area contributed by atoms with E-state index in [0.717, 1.165) is 5.56 Å². The Labute approximate surface area is 207 Å². The topological polar surface area (TPSA) is 147 Å². The zero-order valence-electron chi connectivity index (χ0n) is 19.3. The molecule has 3 aromatic rings. The lowest BCUT2D eigenvalue weighted by molar-refractivity contribution is -0.135. The molecule has 1 aromatic heterocycles. The number of aromatic nitrogens is 2. The van der Waals surface area contributed by atoms with Gasteiger partial charge >= 0.3 is 0 Å². The van der Waals surface area contributed by atoms with Gasteiger partial charge in [-0.1, -0.05) is 18.7 Å². The van der Waals surface area contributed by atoms with E-state index < -0.39 is 12.0 Å². The van der Waals surface area contributed by atoms with Crippen molar-refractivity contribution in [1.29, 1.82) is 10.5 Å². The summed E-state index contributed by atoms with van der Waals surface area (Å²) in [5.74, 6) is 1.30. The highest BCUT2D eigenvalue weighted by Gasteiger charge is 2.26. The number of ether oxygens (including phenoxy) is 3. The SMILES string of the molecule is C=C(C#N)C(=O)N1CCO[C@@H](COc2ncnc(N)c2-c2ccc(Oc3ccc(C#N)cc3)cc2)C1. The zero-order valence-corrected chi connectivity index (χ0v) is 19.3. The van der Waals surface area contributed by atoms with E-state index in [2.05, 4.69) is 22.6 Å². The minimum absolute atomic E-state index is 0.117. The number of hydrogen-bond donors (Lipinski definition) is 1. The van der Waals surface area contributed by atoms with E-state index in [0.29, 0.717) is 35.8 Å². The van der Waals surface area contributed by atoms with Gasteiger partial charge in [-0.3, -0.25) is 4.79 Å². The van der Waals surface area contributed by atoms with Crippen LogP contribution in [0, 0.1) is 22.7 Å². The Morgan fingerprint density at radius 2 is 1.83 bits per heavy atom. The molecule has 2 heterocycles. The van der Waals surface area contributed by atoms with E-state index in [-0.39, 0.29) is 30.4 Å². The third-order valence-corrected chi connectivity index (χ3v) is 5.43. The van der Waals surface area contributed by atoms with Gasteiger partial charge in [-0.05, 0) is 42.0 Å². The summed E-state index contributed by atoms with van der Waals surface area (Å²) in [7, 11) is 0. The van der Waals surface area contributed by atoms with Gasteiger partial charge in [-0.15, -0.1) is 0 Å². The van der Waals surface area contributed by atoms with Crippen LogP contribution >= 0.6 is 0 Å². The highest BCUT2D eigenvalue weighted by Crippen LogP contribution is 2.34. The quantitative estimate of drug-likeness (QED) is 0.396. The van der Waals surface area contributed by atoms with Gasteiger partial charge in [0, 0.05) is 6.54 Å². The molecule has 1 aliphatic rings. The summed E-state index contributed by atoms with van der Waals surface area (Å²) < 4.78 is 17.5. The molecule has 4 rings (SSSR count). The molecule has 1 fully saturated rings. The van der Waals surface area contributed by atoms with Gasteiger partial charge in [0.15, 0.2) is 0 Å². The van der Waals surface area contributed by atoms with Crippen molar-refractivity contribution in [1.82, 2.24) is 14.9 Å². The molecule has 0 saturated carbocycles. The maximum absolute atomic E-state index is 12.3. The summed E-state index contributed by atoms with van der Waals surface area (Å²) in [6.07, 6.45) is 0.895. The smallest absolute Gasteiger partial charge is 0.264 e. The third-order valence-electron chi connectivity index (χ3n) is 5.43. The summed E-state index contributed by atoms with van der Waals surface area (Å²) in [4.78, 5) is 22.1. The normalized spacial score (nSPS) is 14.8. The monoisotopic (exact) mass is 482 g/mol. The molecule has 0 unspecified atom stereocenters. The molecule has 1 aliphatic heterocycles. The van der Waals surface area contributed by atoms with Crippen LogP contribution in [-0.2, 0) is 9.53 Å². The van der Waals surface area contributed by atoms with Crippen molar-refractivity contribution >= 4 is 11.7 Å². The highest BCUT2D eigenvalue weighted by atomic mass is 16.5. The molecule has 1 saturated heterocycles. The van der Waals surface area contributed by atoms with Crippen LogP contribution in [0.3, 0.4) is 0 Å². The minimum atomic E-state index is -0.416. The van der Waals surface area contributed by atoms with Gasteiger partial charge in [0.2, 0.25) is 5.88 Å². The summed E-state index contributed by atoms with van der Waals surface area (Å²) in [6.45, 7) is 4.55. The van der Waals surface area contributed by atoms with E-state index in [1.165, 1.54) is 11.2 Å². The van der Waals surface area contributed by atoms with Gasteiger partial charge in [0.1, 0.15) is 48.0 Å². The van der Waals surface area contributed by atoms with E-state index in [4.69, 9.17) is 30.5 Å². The molecule has 180 valence electrons. The van der Waals surface area contributed by atoms with Crippen LogP contribution in [0.25, 0.3) is 11.1 Å². The molecule has 10 heteroatoms. The fraction of sp³-hybridized carbons (Fsp3) is 0.192. The molecule has 1 atom stereocenters. The number of anilines is 1. The van der Waals surface area contributed by atoms with Crippen LogP contribution in [0.2, 0.25) is 0 Å². The fourth-order valence-electron chi connectivity index (χ4n) is 3.60. The van der Waals surface area contributed by atoms with E-state index >= 15 is 0 Å². The molecule has 10 nitrogen and oxygen atoms in total. The van der Waals surface area contributed by atoms with E-state index in [9.17, 15) is 4.79 Å². The summed E-state index contributed by atoms with van der Waals surface area (Å²) in [5.41, 5.74) is 7.82. The van der Waals surface area contributed by atoms with Gasteiger partial charge in [0.25, 0.3) is 5.91 Å². The number of nitrogens with two attached hydrogens (primary N) is 1. The number of nitriles is 2. The second-order valence-electron chi connectivity index (χ2n) is 7.85. The van der Waals surface area contributed by atoms with Crippen LogP contribution in [0.4, 0.5) is 5.82 Å². The number of rotatable bonds is 7. The summed E-state index contributed by atoms with van der Waals surface area (Å²) >= 11 is 0. The van der Waals surface area contributed by atoms with Crippen LogP contribution < -0.4 is 15.2 Å². The predicted molar refractivity (Wildman–Crippen MR) is 130 cm³/mol. The van der Waals surface area contributed by atoms with Crippen molar-refractivity contribution in [2.75, 3.05) is 32.0 Å². The second kappa shape index (κ2) is 11.0. The number of amides is 1. The Balaban J connectivity index is 1.45. The number of nitrogen functional groups attached to an aromatic ring is 1. The molecule has 0 aliphatic carbocycles. The molecule has 36 heavy (non-hydrogen) atoms. The summed E-state index contributed by atoms with van der Waals surface area (Å²) in [6, 6.07) is 17.8. The van der Waals surface area contributed by atoms with Gasteiger partial charge in [0.05, 0.1) is 30.3 Å². The molecular weight excluding hydrogens is 460 g/mol. The lowest BCUT2D eigenvalue weighted by Gasteiger charge is -2.32. The van der Waals surface area contributed by atoms with Crippen LogP contribution in [-0.4, -0.2) is 53.2 Å². The van der Waals surface area contributed by atoms with Crippen molar-refractivity contribution in [3.63, 3.8) is 0 Å². The average molecular weight is 483 g/mol. The van der Waals surface area contributed by atoms with E-state index in [1.807, 2.05) is 12.1 Å². The average Bonchev–Trinajstić information content (AvgIpc) is 2.92. The van der Waals surface area contributed by atoms with Gasteiger partial charge in [-0.2, -0.15) is 10.5 Å². The Morgan fingerprint density at radius 1 is 1.14 bits per heavy atom. The van der Waals surface area contributed by atoms with Gasteiger partial charge < -0.3 is 24.8 Å². The first-order chi connectivity index (χ1) is 17.5. The van der Waals surface area contributed by atoms with Crippen LogP contribution in [0.5, 0.6) is 17.4 Å². The van der Waals surface area contributed by atoms with Crippen LogP contribution in [0.1, 0.15) is 5.56 Å². The maximum Gasteiger partial charge on any atom is 0.264 e. The molecule has 0 bridgehead atoms. The van der Waals surface area contributed by atoms with Crippen LogP contribution in [0.15, 0.2) is 67.0 Å². The van der Waals surface area contributed by atoms with Crippen molar-refractivity contribution in [3.05, 3.63) is 72.6 Å². The Hall–Kier alpha value is -4.93. The maximum atomic E-state index is 12.3. The zero-order chi connectivity index (χ0) is 25.5. The lowest BCUT2D eigenvalue weighted by Crippen LogP contribution is -2.48. The summed E-state index contributed by atoms with van der Waals surface area (Å²) in [5, 5.41) is 17.9. The fourth-order valence-corrected chi connectivity index (χ4v) is 3.60. The third kappa shape index (κ3) is 5.58. The second-order valence-corrected chi connectivity index (χ2v) is 7.85. The molecule has 0 radical (unpaired) electrons. The van der Waals surface area contributed by atoms with Crippen molar-refractivity contribution < 1.29 is 19.0 Å². The first-order valence-corrected chi connectivity index (χ1v) is 11.0. The first-order valence-electron chi connectivity index (χ1n) is 11.0.